The van der Waals surface area contributed by atoms with Gasteiger partial charge in [0.2, 0.25) is 0 Å². The monoisotopic (exact) mass is 337 g/mol. The number of hydrogen-bond donors (Lipinski definition) is 2. The fourth-order valence-corrected chi connectivity index (χ4v) is 0.752. The predicted molar refractivity (Wildman–Crippen MR) is 70.4 cm³/mol. The minimum Gasteiger partial charge on any atom is -0.411 e. The van der Waals surface area contributed by atoms with Gasteiger partial charge in [0, 0.05) is 34.4 Å². The van der Waals surface area contributed by atoms with E-state index >= 15 is 0 Å². The number of methoxy groups -OCH3 is 1. The Balaban J connectivity index is 0. The largest absolute Gasteiger partial charge is 0.522 e. The minimum absolute atomic E-state index is 0.651. The van der Waals surface area contributed by atoms with E-state index in [2.05, 4.69) is 10.1 Å². The minimum atomic E-state index is -5.84. The van der Waals surface area contributed by atoms with E-state index in [4.69, 9.17) is 22.9 Å². The van der Waals surface area contributed by atoms with Gasteiger partial charge in [0.15, 0.2) is 0 Å². The van der Waals surface area contributed by atoms with Gasteiger partial charge in [-0.3, -0.25) is 9.55 Å². The van der Waals surface area contributed by atoms with Crippen LogP contribution in [-0.4, -0.2) is 75.0 Å². The number of nitrogens with zero attached hydrogens (tertiary/aromatic N) is 3. The highest BCUT2D eigenvalue weighted by Gasteiger charge is 2.44. The lowest BCUT2D eigenvalue weighted by atomic mass is 10.4. The molecule has 21 heavy (non-hydrogen) atoms. The van der Waals surface area contributed by atoms with Crippen LogP contribution in [0.25, 0.3) is 0 Å². The SMILES string of the molecule is COCCCN=C(/C=N/O)N(C)C.O=S(=O)(O)C(F)(F)F. The van der Waals surface area contributed by atoms with Crippen molar-refractivity contribution in [1.29, 1.82) is 0 Å². The molecule has 0 aliphatic heterocycles. The lowest BCUT2D eigenvalue weighted by molar-refractivity contribution is -0.0510. The first-order chi connectivity index (χ1) is 9.47. The van der Waals surface area contributed by atoms with Gasteiger partial charge in [-0.25, -0.2) is 0 Å². The number of hydrogen-bond acceptors (Lipinski definition) is 6. The summed E-state index contributed by atoms with van der Waals surface area (Å²) in [6.45, 7) is 1.37. The normalized spacial score (nSPS) is 13.0. The molecule has 0 radical (unpaired) electrons. The van der Waals surface area contributed by atoms with Crippen LogP contribution >= 0.6 is 0 Å². The molecular weight excluding hydrogens is 319 g/mol. The summed E-state index contributed by atoms with van der Waals surface area (Å²) in [5, 5.41) is 11.3. The molecule has 0 saturated heterocycles. The van der Waals surface area contributed by atoms with E-state index in [0.29, 0.717) is 19.0 Å². The van der Waals surface area contributed by atoms with Crippen LogP contribution in [0.5, 0.6) is 0 Å². The standard InChI is InChI=1S/C8H17N3O2.CHF3O3S/c1-11(2)8(7-10-12)9-5-4-6-13-3;2-1(3,4)8(5,6)7/h7,12H,4-6H2,1-3H3;(H,5,6,7)/b9-8?,10-7+;. The third-order valence-corrected chi connectivity index (χ3v) is 2.29. The number of rotatable bonds is 5. The Kier molecular flexibility index (Phi) is 10.8. The van der Waals surface area contributed by atoms with Crippen LogP contribution < -0.4 is 0 Å². The molecule has 0 aliphatic carbocycles. The van der Waals surface area contributed by atoms with Gasteiger partial charge in [-0.15, -0.1) is 0 Å². The van der Waals surface area contributed by atoms with Gasteiger partial charge < -0.3 is 14.8 Å². The molecule has 0 aromatic carbocycles. The summed E-state index contributed by atoms with van der Waals surface area (Å²) in [7, 11) is -0.494. The molecule has 0 unspecified atom stereocenters. The number of aliphatic imine (C=N–C) groups is 1. The second kappa shape index (κ2) is 10.3. The van der Waals surface area contributed by atoms with Gasteiger partial charge in [-0.1, -0.05) is 5.16 Å². The molecule has 0 saturated carbocycles. The Morgan fingerprint density at radius 3 is 2.14 bits per heavy atom. The van der Waals surface area contributed by atoms with Crippen molar-refractivity contribution in [3.8, 4) is 0 Å². The lowest BCUT2D eigenvalue weighted by Crippen LogP contribution is -2.23. The maximum Gasteiger partial charge on any atom is 0.522 e. The van der Waals surface area contributed by atoms with Crippen LogP contribution in [0.1, 0.15) is 6.42 Å². The van der Waals surface area contributed by atoms with E-state index in [-0.39, 0.29) is 0 Å². The average molecular weight is 337 g/mol. The highest BCUT2D eigenvalue weighted by molar-refractivity contribution is 7.86. The number of amidine groups is 1. The van der Waals surface area contributed by atoms with Crippen molar-refractivity contribution in [2.75, 3.05) is 34.4 Å². The van der Waals surface area contributed by atoms with Gasteiger partial charge >= 0.3 is 15.6 Å². The highest BCUT2D eigenvalue weighted by atomic mass is 32.2. The molecule has 0 fully saturated rings. The summed E-state index contributed by atoms with van der Waals surface area (Å²) in [5.74, 6) is 0.651. The van der Waals surface area contributed by atoms with E-state index in [9.17, 15) is 13.2 Å². The van der Waals surface area contributed by atoms with Gasteiger partial charge in [0.25, 0.3) is 0 Å². The smallest absolute Gasteiger partial charge is 0.411 e. The zero-order chi connectivity index (χ0) is 17.1. The van der Waals surface area contributed by atoms with Crippen molar-refractivity contribution in [2.45, 2.75) is 11.9 Å². The van der Waals surface area contributed by atoms with Crippen molar-refractivity contribution < 1.29 is 36.1 Å². The van der Waals surface area contributed by atoms with E-state index in [1.807, 2.05) is 14.1 Å². The van der Waals surface area contributed by atoms with Gasteiger partial charge in [-0.05, 0) is 6.42 Å². The maximum absolute atomic E-state index is 10.7. The second-order valence-corrected chi connectivity index (χ2v) is 5.06. The maximum atomic E-state index is 10.7. The zero-order valence-corrected chi connectivity index (χ0v) is 12.5. The Morgan fingerprint density at radius 2 is 1.86 bits per heavy atom. The topological polar surface area (TPSA) is 112 Å². The summed E-state index contributed by atoms with van der Waals surface area (Å²) in [6, 6.07) is 0. The van der Waals surface area contributed by atoms with Crippen molar-refractivity contribution in [3.05, 3.63) is 0 Å². The molecule has 0 spiro atoms. The van der Waals surface area contributed by atoms with Gasteiger partial charge in [-0.2, -0.15) is 21.6 Å². The molecule has 2 N–H and O–H groups in total. The number of ether oxygens (including phenoxy) is 1. The van der Waals surface area contributed by atoms with Crippen molar-refractivity contribution >= 4 is 22.2 Å². The molecule has 0 aromatic heterocycles. The highest BCUT2D eigenvalue weighted by Crippen LogP contribution is 2.20. The summed E-state index contributed by atoms with van der Waals surface area (Å²) >= 11 is 0. The summed E-state index contributed by atoms with van der Waals surface area (Å²) in [5.41, 5.74) is -5.53. The molecule has 0 aromatic rings. The van der Waals surface area contributed by atoms with Crippen LogP contribution in [0.3, 0.4) is 0 Å². The Morgan fingerprint density at radius 1 is 1.38 bits per heavy atom. The van der Waals surface area contributed by atoms with Crippen molar-refractivity contribution in [3.63, 3.8) is 0 Å². The average Bonchev–Trinajstić information content (AvgIpc) is 2.31. The fourth-order valence-electron chi connectivity index (χ4n) is 0.752. The van der Waals surface area contributed by atoms with Crippen LogP contribution in [0.15, 0.2) is 10.1 Å². The van der Waals surface area contributed by atoms with E-state index in [1.54, 1.807) is 12.0 Å². The van der Waals surface area contributed by atoms with Crippen molar-refractivity contribution in [1.82, 2.24) is 4.90 Å². The molecule has 126 valence electrons. The first-order valence-corrected chi connectivity index (χ1v) is 6.83. The molecule has 0 atom stereocenters. The third-order valence-electron chi connectivity index (χ3n) is 1.70. The molecule has 0 aliphatic rings. The Bertz CT molecular complexity index is 434. The number of oxime groups is 1. The second-order valence-electron chi connectivity index (χ2n) is 3.65. The molecule has 8 nitrogen and oxygen atoms in total. The summed E-state index contributed by atoms with van der Waals surface area (Å²) < 4.78 is 62.4. The number of halogens is 3. The lowest BCUT2D eigenvalue weighted by Gasteiger charge is -2.10. The van der Waals surface area contributed by atoms with Crippen LogP contribution in [0.2, 0.25) is 0 Å². The molecule has 0 heterocycles. The zero-order valence-electron chi connectivity index (χ0n) is 11.7. The summed E-state index contributed by atoms with van der Waals surface area (Å²) in [6.07, 6.45) is 2.18. The van der Waals surface area contributed by atoms with Gasteiger partial charge in [0.05, 0.1) is 0 Å². The number of alkyl halides is 3. The summed E-state index contributed by atoms with van der Waals surface area (Å²) in [4.78, 5) is 5.99. The first kappa shape index (κ1) is 21.9. The fraction of sp³-hybridized carbons (Fsp3) is 0.778. The van der Waals surface area contributed by atoms with Crippen LogP contribution in [0, 0.1) is 0 Å². The molecule has 0 amide bonds. The molecule has 0 bridgehead atoms. The quantitative estimate of drug-likeness (QED) is 0.146. The van der Waals surface area contributed by atoms with E-state index < -0.39 is 15.6 Å². The van der Waals surface area contributed by atoms with Crippen LogP contribution in [-0.2, 0) is 14.9 Å². The van der Waals surface area contributed by atoms with E-state index in [1.165, 1.54) is 6.21 Å². The first-order valence-electron chi connectivity index (χ1n) is 5.39. The Labute approximate surface area is 120 Å². The molecular formula is C9H18F3N3O5S. The van der Waals surface area contributed by atoms with Crippen LogP contribution in [0.4, 0.5) is 13.2 Å². The third kappa shape index (κ3) is 12.1. The van der Waals surface area contributed by atoms with Gasteiger partial charge in [0.1, 0.15) is 12.1 Å². The van der Waals surface area contributed by atoms with Crippen molar-refractivity contribution in [2.24, 2.45) is 10.1 Å². The Hall–Kier alpha value is -1.40. The van der Waals surface area contributed by atoms with E-state index in [0.717, 1.165) is 6.42 Å². The molecule has 0 rings (SSSR count). The molecule has 12 heteroatoms. The predicted octanol–water partition coefficient (Wildman–Crippen LogP) is 0.837.